The fourth-order valence-electron chi connectivity index (χ4n) is 18.0. The molecule has 0 aliphatic carbocycles. The lowest BCUT2D eigenvalue weighted by Gasteiger charge is -2.12. The molecule has 0 radical (unpaired) electrons. The lowest BCUT2D eigenvalue weighted by Crippen LogP contribution is -1.99. The molecule has 13 nitrogen and oxygen atoms in total. The predicted octanol–water partition coefficient (Wildman–Crippen LogP) is 29.7. The average Bonchev–Trinajstić information content (AvgIpc) is 1.72. The van der Waals surface area contributed by atoms with E-state index < -0.39 is 0 Å². The maximum absolute atomic E-state index is 5.99. The van der Waals surface area contributed by atoms with Crippen LogP contribution in [0.25, 0.3) is 232 Å². The largest absolute Gasteiger partial charge is 0.456 e. The minimum atomic E-state index is 0.652. The number of nitrogens with zero attached hydrogens (tertiary/aromatic N) is 12. The molecular formula is C118H80N12O. The smallest absolute Gasteiger partial charge is 0.163 e. The van der Waals surface area contributed by atoms with Gasteiger partial charge in [0.15, 0.2) is 46.6 Å². The molecule has 0 N–H and O–H groups in total. The summed E-state index contributed by atoms with van der Waals surface area (Å²) in [5, 5.41) is 24.9. The monoisotopic (exact) mass is 1680 g/mol. The zero-order valence-corrected chi connectivity index (χ0v) is 72.0. The van der Waals surface area contributed by atoms with Crippen LogP contribution in [0.3, 0.4) is 0 Å². The summed E-state index contributed by atoms with van der Waals surface area (Å²) in [6.07, 6.45) is 0. The molecule has 5 aromatic heterocycles. The third kappa shape index (κ3) is 15.8. The number of furan rings is 1. The summed E-state index contributed by atoms with van der Waals surface area (Å²) in [7, 11) is 0. The van der Waals surface area contributed by atoms with Crippen molar-refractivity contribution >= 4 is 119 Å². The molecule has 20 aromatic carbocycles. The van der Waals surface area contributed by atoms with Crippen LogP contribution in [-0.2, 0) is 0 Å². The van der Waals surface area contributed by atoms with Crippen LogP contribution in [0.1, 0.15) is 23.3 Å². The summed E-state index contributed by atoms with van der Waals surface area (Å²) < 4.78 is 5.99. The van der Waals surface area contributed by atoms with Gasteiger partial charge in [-0.3, -0.25) is 0 Å². The van der Waals surface area contributed by atoms with Gasteiger partial charge in [0.2, 0.25) is 0 Å². The summed E-state index contributed by atoms with van der Waals surface area (Å²) >= 11 is 0. The van der Waals surface area contributed by atoms with Crippen molar-refractivity contribution in [2.75, 3.05) is 0 Å². The first-order valence-electron chi connectivity index (χ1n) is 43.8. The number of rotatable bonds is 10. The summed E-state index contributed by atoms with van der Waals surface area (Å²) in [6.45, 7) is 7.65. The van der Waals surface area contributed by atoms with Crippen LogP contribution >= 0.6 is 0 Å². The van der Waals surface area contributed by atoms with Crippen molar-refractivity contribution in [3.63, 3.8) is 0 Å². The molecule has 0 unspecified atom stereocenters. The molecule has 0 spiro atoms. The van der Waals surface area contributed by atoms with Crippen molar-refractivity contribution in [1.29, 1.82) is 0 Å². The van der Waals surface area contributed by atoms with Gasteiger partial charge in [-0.1, -0.05) is 370 Å². The molecule has 25 rings (SSSR count). The Morgan fingerprint density at radius 1 is 0.122 bits per heavy atom. The Bertz CT molecular complexity index is 8610. The van der Waals surface area contributed by atoms with Crippen LogP contribution in [0.15, 0.2) is 417 Å². The lowest BCUT2D eigenvalue weighted by atomic mass is 9.92. The second kappa shape index (κ2) is 34.5. The van der Waals surface area contributed by atoms with Crippen LogP contribution in [-0.4, -0.2) is 59.8 Å². The highest BCUT2D eigenvalue weighted by Gasteiger charge is 2.20. The Kier molecular flexibility index (Phi) is 20.9. The van der Waals surface area contributed by atoms with Gasteiger partial charge in [0.05, 0.1) is 0 Å². The van der Waals surface area contributed by atoms with Crippen LogP contribution in [0.2, 0.25) is 0 Å². The predicted molar refractivity (Wildman–Crippen MR) is 537 cm³/mol. The summed E-state index contributed by atoms with van der Waals surface area (Å²) in [5.41, 5.74) is 14.2. The van der Waals surface area contributed by atoms with Gasteiger partial charge in [-0.05, 0) is 189 Å². The Hall–Kier alpha value is -17.4. The topological polar surface area (TPSA) is 168 Å². The molecule has 0 saturated carbocycles. The van der Waals surface area contributed by atoms with E-state index >= 15 is 0 Å². The van der Waals surface area contributed by atoms with Gasteiger partial charge in [-0.15, -0.1) is 0 Å². The van der Waals surface area contributed by atoms with Crippen LogP contribution < -0.4 is 0 Å². The van der Waals surface area contributed by atoms with Crippen molar-refractivity contribution in [3.8, 4) is 113 Å². The number of aromatic nitrogens is 12. The molecule has 0 aliphatic rings. The van der Waals surface area contributed by atoms with E-state index in [4.69, 9.17) is 24.4 Å². The van der Waals surface area contributed by atoms with Crippen molar-refractivity contribution in [2.24, 2.45) is 0 Å². The first kappa shape index (κ1) is 79.5. The number of para-hydroxylation sites is 1. The van der Waals surface area contributed by atoms with Gasteiger partial charge < -0.3 is 4.42 Å². The van der Waals surface area contributed by atoms with Crippen molar-refractivity contribution in [2.45, 2.75) is 27.7 Å². The second-order valence-corrected chi connectivity index (χ2v) is 32.6. The molecule has 131 heavy (non-hydrogen) atoms. The van der Waals surface area contributed by atoms with E-state index in [2.05, 4.69) is 325 Å². The molecule has 5 heterocycles. The Morgan fingerprint density at radius 2 is 0.313 bits per heavy atom. The molecule has 618 valence electrons. The SMILES string of the molecule is Cc1nc(-c2ccc(-c3ccccc3)cc2)nc(-c2ccc3c4ccccc4c4ccccc4c3c2)n1.Cc1nc(-c2ccccc2)nc(-c2ccc3c(c2)oc2ccccc23)n1.Cc1nc(-c2ccccc2)nc(-c2ccc3c4ccccc4c4ccccc4c3c2)n1.Cc1nc(-c2ccccc2)nc(-c2cccc(-c3ccc4c5ccccc5c5ccccc5c4c3)c2)n1. The van der Waals surface area contributed by atoms with Crippen molar-refractivity contribution in [1.82, 2.24) is 59.8 Å². The Balaban J connectivity index is 0.000000103. The van der Waals surface area contributed by atoms with E-state index in [0.717, 1.165) is 72.0 Å². The zero-order chi connectivity index (χ0) is 87.8. The van der Waals surface area contributed by atoms with E-state index in [1.165, 1.54) is 114 Å². The van der Waals surface area contributed by atoms with Crippen LogP contribution in [0, 0.1) is 27.7 Å². The minimum Gasteiger partial charge on any atom is -0.456 e. The number of fused-ring (bicyclic) bond motifs is 21. The summed E-state index contributed by atoms with van der Waals surface area (Å²) in [5.74, 6) is 8.30. The molecule has 0 aliphatic heterocycles. The average molecular weight is 1680 g/mol. The number of benzene rings is 20. The molecule has 0 atom stereocenters. The van der Waals surface area contributed by atoms with E-state index in [9.17, 15) is 0 Å². The zero-order valence-electron chi connectivity index (χ0n) is 72.0. The van der Waals surface area contributed by atoms with Crippen LogP contribution in [0.4, 0.5) is 0 Å². The number of aryl methyl sites for hydroxylation is 4. The Labute approximate surface area is 755 Å². The fraction of sp³-hybridized carbons (Fsp3) is 0.0339. The molecule has 13 heteroatoms. The molecule has 25 aromatic rings. The van der Waals surface area contributed by atoms with E-state index in [0.29, 0.717) is 69.9 Å². The normalized spacial score (nSPS) is 11.4. The summed E-state index contributed by atoms with van der Waals surface area (Å²) in [6, 6.07) is 143. The quantitative estimate of drug-likeness (QED) is 0.119. The second-order valence-electron chi connectivity index (χ2n) is 32.6. The van der Waals surface area contributed by atoms with Gasteiger partial charge in [0.1, 0.15) is 34.5 Å². The maximum atomic E-state index is 5.99. The van der Waals surface area contributed by atoms with Crippen LogP contribution in [0.5, 0.6) is 0 Å². The van der Waals surface area contributed by atoms with E-state index in [1.54, 1.807) is 0 Å². The highest BCUT2D eigenvalue weighted by Crippen LogP contribution is 2.43. The first-order chi connectivity index (χ1) is 64.5. The standard InChI is InChI=1S/2C34H23N3.C28H19N3.C22H15N3O/c1-22-35-33(23-10-3-2-4-11-23)37-34(36-22)26-13-9-12-24(20-26)25-18-19-31-29-16-6-5-14-27(29)28-15-7-8-17-30(28)32(31)21-25;1-22-35-33(25-17-15-24(16-18-25)23-9-3-2-4-10-23)37-34(36-22)26-19-20-31-29-13-6-5-11-27(29)28-12-7-8-14-30(28)32(31)21-26;1-18-29-27(19-9-3-2-4-10-19)31-28(30-18)20-15-16-25-23-13-6-5-11-21(23)22-12-7-8-14-24(22)26(25)17-20;1-14-23-21(15-7-3-2-4-8-15)25-22(24-14)16-11-12-18-17-9-5-6-10-19(17)26-20(18)13-16/h2*2-21H,1H3;2-17H,1H3;2-13H,1H3. The minimum absolute atomic E-state index is 0.652. The summed E-state index contributed by atoms with van der Waals surface area (Å²) in [4.78, 5) is 56.0. The van der Waals surface area contributed by atoms with Gasteiger partial charge in [0.25, 0.3) is 0 Å². The first-order valence-corrected chi connectivity index (χ1v) is 43.8. The molecule has 0 amide bonds. The van der Waals surface area contributed by atoms with Crippen molar-refractivity contribution in [3.05, 3.63) is 436 Å². The number of hydrogen-bond acceptors (Lipinski definition) is 13. The van der Waals surface area contributed by atoms with Gasteiger partial charge >= 0.3 is 0 Å². The number of hydrogen-bond donors (Lipinski definition) is 0. The molecule has 0 saturated heterocycles. The Morgan fingerprint density at radius 3 is 0.656 bits per heavy atom. The highest BCUT2D eigenvalue weighted by atomic mass is 16.3. The molecule has 0 fully saturated rings. The third-order valence-electron chi connectivity index (χ3n) is 24.2. The van der Waals surface area contributed by atoms with Gasteiger partial charge in [-0.25, -0.2) is 59.8 Å². The maximum Gasteiger partial charge on any atom is 0.163 e. The molecular weight excluding hydrogens is 1600 g/mol. The van der Waals surface area contributed by atoms with Gasteiger partial charge in [0, 0.05) is 55.3 Å². The van der Waals surface area contributed by atoms with E-state index in [1.807, 2.05) is 155 Å². The molecule has 0 bridgehead atoms. The third-order valence-corrected chi connectivity index (χ3v) is 24.2. The van der Waals surface area contributed by atoms with Crippen molar-refractivity contribution < 1.29 is 4.42 Å². The lowest BCUT2D eigenvalue weighted by molar-refractivity contribution is 0.669. The fourth-order valence-corrected chi connectivity index (χ4v) is 18.0. The van der Waals surface area contributed by atoms with Gasteiger partial charge in [-0.2, -0.15) is 0 Å². The highest BCUT2D eigenvalue weighted by molar-refractivity contribution is 6.28. The van der Waals surface area contributed by atoms with E-state index in [-0.39, 0.29) is 0 Å².